The predicted octanol–water partition coefficient (Wildman–Crippen LogP) is 3.78. The van der Waals surface area contributed by atoms with Gasteiger partial charge in [-0.2, -0.15) is 0 Å². The van der Waals surface area contributed by atoms with Gasteiger partial charge < -0.3 is 0 Å². The molecule has 0 amide bonds. The lowest BCUT2D eigenvalue weighted by Gasteiger charge is -2.10. The van der Waals surface area contributed by atoms with Crippen molar-refractivity contribution < 1.29 is 5.11 Å². The van der Waals surface area contributed by atoms with Crippen LogP contribution >= 0.6 is 45.2 Å². The molecular weight excluding hydrogens is 378 g/mol. The summed E-state index contributed by atoms with van der Waals surface area (Å²) < 4.78 is 2.17. The topological polar surface area (TPSA) is 19.9 Å². The molecule has 0 N–H and O–H groups in total. The van der Waals surface area contributed by atoms with Gasteiger partial charge in [0.05, 0.1) is 0 Å². The zero-order valence-corrected chi connectivity index (χ0v) is 11.0. The van der Waals surface area contributed by atoms with Gasteiger partial charge in [0, 0.05) is 12.7 Å². The maximum Gasteiger partial charge on any atom is 0.120 e. The van der Waals surface area contributed by atoms with Crippen LogP contribution in [0.2, 0.25) is 0 Å². The Labute approximate surface area is 99.8 Å². The van der Waals surface area contributed by atoms with E-state index in [9.17, 15) is 5.11 Å². The minimum absolute atomic E-state index is 0.565. The van der Waals surface area contributed by atoms with Crippen molar-refractivity contribution in [1.82, 2.24) is 0 Å². The Morgan fingerprint density at radius 1 is 1.33 bits per heavy atom. The largest absolute Gasteiger partial charge is 0.228 e. The summed E-state index contributed by atoms with van der Waals surface area (Å²) in [5, 5.41) is 11.5. The molecule has 1 aromatic carbocycles. The first-order chi connectivity index (χ1) is 5.66. The van der Waals surface area contributed by atoms with Crippen LogP contribution in [-0.4, -0.2) is 0 Å². The average molecular weight is 387 g/mol. The van der Waals surface area contributed by atoms with Crippen molar-refractivity contribution >= 4 is 45.2 Å². The van der Waals surface area contributed by atoms with Crippen LogP contribution in [0.15, 0.2) is 18.2 Å². The number of rotatable bonds is 2. The van der Waals surface area contributed by atoms with Crippen molar-refractivity contribution in [1.29, 1.82) is 0 Å². The van der Waals surface area contributed by atoms with Crippen LogP contribution in [0.5, 0.6) is 0 Å². The van der Waals surface area contributed by atoms with Crippen molar-refractivity contribution in [2.24, 2.45) is 0 Å². The molecule has 0 spiro atoms. The second-order valence-corrected chi connectivity index (χ2v) is 4.86. The molecule has 0 aromatic heterocycles. The molecule has 1 rings (SSSR count). The van der Waals surface area contributed by atoms with E-state index in [1.165, 1.54) is 0 Å². The van der Waals surface area contributed by atoms with E-state index >= 15 is 0 Å². The summed E-state index contributed by atoms with van der Waals surface area (Å²) in [6.45, 7) is 1.93. The maximum atomic E-state index is 11.5. The van der Waals surface area contributed by atoms with Crippen LogP contribution in [0, 0.1) is 7.14 Å². The second kappa shape index (κ2) is 4.76. The van der Waals surface area contributed by atoms with Gasteiger partial charge in [-0.05, 0) is 63.7 Å². The molecule has 0 heterocycles. The molecule has 0 aliphatic heterocycles. The summed E-state index contributed by atoms with van der Waals surface area (Å²) in [6, 6.07) is 5.95. The predicted molar refractivity (Wildman–Crippen MR) is 65.6 cm³/mol. The average Bonchev–Trinajstić information content (AvgIpc) is 2.03. The quantitative estimate of drug-likeness (QED) is 0.689. The molecule has 1 nitrogen and oxygen atoms in total. The Hall–Kier alpha value is 0.640. The molecule has 1 aromatic rings. The molecule has 0 aliphatic rings. The summed E-state index contributed by atoms with van der Waals surface area (Å²) in [7, 11) is 0. The highest BCUT2D eigenvalue weighted by Crippen LogP contribution is 2.27. The third-order valence-electron chi connectivity index (χ3n) is 1.69. The van der Waals surface area contributed by atoms with Gasteiger partial charge >= 0.3 is 0 Å². The fourth-order valence-corrected chi connectivity index (χ4v) is 3.23. The molecule has 0 saturated heterocycles. The Kier molecular flexibility index (Phi) is 4.25. The van der Waals surface area contributed by atoms with E-state index in [1.807, 2.05) is 25.1 Å². The van der Waals surface area contributed by atoms with Crippen LogP contribution in [0.4, 0.5) is 0 Å². The maximum absolute atomic E-state index is 11.5. The number of benzene rings is 1. The zero-order valence-electron chi connectivity index (χ0n) is 6.68. The first-order valence-electron chi connectivity index (χ1n) is 3.76. The first kappa shape index (κ1) is 10.7. The van der Waals surface area contributed by atoms with Gasteiger partial charge in [0.25, 0.3) is 0 Å². The molecule has 0 bridgehead atoms. The monoisotopic (exact) mass is 387 g/mol. The highest BCUT2D eigenvalue weighted by molar-refractivity contribution is 14.1. The Bertz CT molecular complexity index is 253. The van der Waals surface area contributed by atoms with Crippen LogP contribution in [0.25, 0.3) is 0 Å². The minimum Gasteiger partial charge on any atom is -0.228 e. The first-order valence-corrected chi connectivity index (χ1v) is 5.92. The van der Waals surface area contributed by atoms with Crippen molar-refractivity contribution in [3.8, 4) is 0 Å². The fraction of sp³-hybridized carbons (Fsp3) is 0.333. The third-order valence-corrected chi connectivity index (χ3v) is 3.57. The number of hydrogen-bond donors (Lipinski definition) is 0. The van der Waals surface area contributed by atoms with Crippen molar-refractivity contribution in [2.75, 3.05) is 0 Å². The second-order valence-electron chi connectivity index (χ2n) is 2.53. The standard InChI is InChI=1S/C9H9I2O/c1-2-8(12)9-6(10)4-3-5-7(9)11/h3-5,8H,2H2,1H3. The normalized spacial score (nSPS) is 13.0. The van der Waals surface area contributed by atoms with Crippen LogP contribution in [0.3, 0.4) is 0 Å². The van der Waals surface area contributed by atoms with Gasteiger partial charge in [-0.3, -0.25) is 0 Å². The molecule has 1 unspecified atom stereocenters. The molecule has 0 aliphatic carbocycles. The van der Waals surface area contributed by atoms with Gasteiger partial charge in [-0.25, -0.2) is 5.11 Å². The third kappa shape index (κ3) is 2.32. The summed E-state index contributed by atoms with van der Waals surface area (Å²) in [4.78, 5) is 0. The lowest BCUT2D eigenvalue weighted by atomic mass is 10.1. The molecule has 0 fully saturated rings. The highest BCUT2D eigenvalue weighted by atomic mass is 127. The van der Waals surface area contributed by atoms with Gasteiger partial charge in [0.2, 0.25) is 0 Å². The number of hydrogen-bond acceptors (Lipinski definition) is 0. The van der Waals surface area contributed by atoms with Crippen molar-refractivity contribution in [3.63, 3.8) is 0 Å². The lowest BCUT2D eigenvalue weighted by molar-refractivity contribution is 0.0843. The molecule has 1 radical (unpaired) electrons. The summed E-state index contributed by atoms with van der Waals surface area (Å²) in [6.07, 6.45) is 0.0979. The Morgan fingerprint density at radius 2 is 1.83 bits per heavy atom. The summed E-state index contributed by atoms with van der Waals surface area (Å²) in [5.74, 6) is 0. The molecule has 3 heteroatoms. The van der Waals surface area contributed by atoms with Crippen LogP contribution in [0.1, 0.15) is 25.0 Å². The SMILES string of the molecule is CCC([O])c1c(I)cccc1I. The number of halogens is 2. The van der Waals surface area contributed by atoms with Crippen molar-refractivity contribution in [3.05, 3.63) is 30.9 Å². The summed E-state index contributed by atoms with van der Waals surface area (Å²) >= 11 is 4.44. The Balaban J connectivity index is 3.12. The van der Waals surface area contributed by atoms with E-state index < -0.39 is 6.10 Å². The molecular formula is C9H9I2O. The van der Waals surface area contributed by atoms with Crippen LogP contribution in [-0.2, 0) is 5.11 Å². The van der Waals surface area contributed by atoms with Gasteiger partial charge in [0.15, 0.2) is 0 Å². The Morgan fingerprint density at radius 3 is 2.25 bits per heavy atom. The van der Waals surface area contributed by atoms with E-state index in [0.717, 1.165) is 12.7 Å². The van der Waals surface area contributed by atoms with Crippen LogP contribution < -0.4 is 0 Å². The smallest absolute Gasteiger partial charge is 0.120 e. The van der Waals surface area contributed by atoms with Crippen molar-refractivity contribution in [2.45, 2.75) is 19.4 Å². The fourth-order valence-electron chi connectivity index (χ4n) is 1.02. The van der Waals surface area contributed by atoms with Gasteiger partial charge in [-0.15, -0.1) is 0 Å². The van der Waals surface area contributed by atoms with Gasteiger partial charge in [0.1, 0.15) is 6.10 Å². The molecule has 12 heavy (non-hydrogen) atoms. The minimum atomic E-state index is -0.565. The summed E-state index contributed by atoms with van der Waals surface area (Å²) in [5.41, 5.74) is 0.959. The van der Waals surface area contributed by atoms with E-state index in [2.05, 4.69) is 45.2 Å². The van der Waals surface area contributed by atoms with E-state index in [0.29, 0.717) is 6.42 Å². The molecule has 1 atom stereocenters. The zero-order chi connectivity index (χ0) is 9.14. The van der Waals surface area contributed by atoms with E-state index in [-0.39, 0.29) is 0 Å². The van der Waals surface area contributed by atoms with E-state index in [1.54, 1.807) is 0 Å². The highest BCUT2D eigenvalue weighted by Gasteiger charge is 2.13. The molecule has 0 saturated carbocycles. The van der Waals surface area contributed by atoms with E-state index in [4.69, 9.17) is 0 Å². The van der Waals surface area contributed by atoms with Gasteiger partial charge in [-0.1, -0.05) is 13.0 Å². The molecule has 65 valence electrons. The lowest BCUT2D eigenvalue weighted by Crippen LogP contribution is -1.99.